The first-order valence-corrected chi connectivity index (χ1v) is 8.21. The van der Waals surface area contributed by atoms with Crippen LogP contribution >= 0.6 is 0 Å². The number of likely N-dealkylation sites (N-methyl/N-ethyl adjacent to an activating group) is 1. The summed E-state index contributed by atoms with van der Waals surface area (Å²) in [5, 5.41) is 0. The number of nitrogens with zero attached hydrogens (tertiary/aromatic N) is 1. The molecule has 116 valence electrons. The van der Waals surface area contributed by atoms with Gasteiger partial charge in [0.15, 0.2) is 0 Å². The van der Waals surface area contributed by atoms with Crippen LogP contribution in [0.5, 0.6) is 5.75 Å². The van der Waals surface area contributed by atoms with Crippen molar-refractivity contribution in [1.82, 2.24) is 4.90 Å². The van der Waals surface area contributed by atoms with Crippen LogP contribution in [0.3, 0.4) is 0 Å². The number of fused-ring (bicyclic) bond motifs is 1. The van der Waals surface area contributed by atoms with Gasteiger partial charge in [-0.15, -0.1) is 0 Å². The molecule has 1 saturated carbocycles. The molecule has 0 aromatic heterocycles. The Kier molecular flexibility index (Phi) is 3.98. The van der Waals surface area contributed by atoms with E-state index >= 15 is 0 Å². The highest BCUT2D eigenvalue weighted by molar-refractivity contribution is 5.47. The van der Waals surface area contributed by atoms with Gasteiger partial charge >= 0.3 is 0 Å². The monoisotopic (exact) mass is 288 g/mol. The van der Waals surface area contributed by atoms with Gasteiger partial charge in [-0.2, -0.15) is 0 Å². The van der Waals surface area contributed by atoms with Gasteiger partial charge in [-0.05, 0) is 45.2 Å². The van der Waals surface area contributed by atoms with E-state index in [9.17, 15) is 0 Å². The number of hydrogen-bond donors (Lipinski definition) is 1. The molecule has 1 aliphatic carbocycles. The SMILES string of the molecule is CN(CC1CCC1)C(CN)c1cccc2c1OC(C)(C)C2. The second kappa shape index (κ2) is 5.62. The standard InChI is InChI=1S/C18H28N2O/c1-18(2)10-14-8-5-9-15(17(14)21-18)16(11-19)20(3)12-13-6-4-7-13/h5,8-9,13,16H,4,6-7,10-12,19H2,1-3H3. The fraction of sp³-hybridized carbons (Fsp3) is 0.667. The normalized spacial score (nSPS) is 21.8. The van der Waals surface area contributed by atoms with E-state index in [4.69, 9.17) is 10.5 Å². The van der Waals surface area contributed by atoms with Crippen molar-refractivity contribution in [1.29, 1.82) is 0 Å². The van der Waals surface area contributed by atoms with Gasteiger partial charge in [0.05, 0.1) is 6.04 Å². The minimum atomic E-state index is -0.0931. The van der Waals surface area contributed by atoms with Gasteiger partial charge in [0, 0.05) is 25.1 Å². The number of nitrogens with two attached hydrogens (primary N) is 1. The molecule has 2 aliphatic rings. The minimum Gasteiger partial charge on any atom is -0.487 e. The third-order valence-corrected chi connectivity index (χ3v) is 5.01. The summed E-state index contributed by atoms with van der Waals surface area (Å²) in [6, 6.07) is 6.79. The van der Waals surface area contributed by atoms with Crippen molar-refractivity contribution >= 4 is 0 Å². The number of para-hydroxylation sites is 1. The Hall–Kier alpha value is -1.06. The van der Waals surface area contributed by atoms with E-state index < -0.39 is 0 Å². The molecule has 1 aromatic rings. The highest BCUT2D eigenvalue weighted by Crippen LogP contribution is 2.41. The molecule has 1 heterocycles. The predicted octanol–water partition coefficient (Wildman–Crippen LogP) is 3.13. The number of ether oxygens (including phenoxy) is 1. The van der Waals surface area contributed by atoms with Crippen LogP contribution in [0.25, 0.3) is 0 Å². The van der Waals surface area contributed by atoms with Gasteiger partial charge in [-0.1, -0.05) is 24.6 Å². The van der Waals surface area contributed by atoms with E-state index in [1.807, 2.05) is 0 Å². The first-order valence-electron chi connectivity index (χ1n) is 8.21. The van der Waals surface area contributed by atoms with Crippen LogP contribution < -0.4 is 10.5 Å². The van der Waals surface area contributed by atoms with Crippen molar-refractivity contribution in [2.75, 3.05) is 20.1 Å². The summed E-state index contributed by atoms with van der Waals surface area (Å²) in [6.07, 6.45) is 5.12. The molecular weight excluding hydrogens is 260 g/mol. The van der Waals surface area contributed by atoms with Crippen molar-refractivity contribution in [2.24, 2.45) is 11.7 Å². The van der Waals surface area contributed by atoms with E-state index in [1.54, 1.807) is 0 Å². The molecule has 1 unspecified atom stereocenters. The lowest BCUT2D eigenvalue weighted by atomic mass is 9.84. The van der Waals surface area contributed by atoms with Crippen LogP contribution in [0.15, 0.2) is 18.2 Å². The van der Waals surface area contributed by atoms with E-state index in [-0.39, 0.29) is 11.6 Å². The molecule has 0 spiro atoms. The molecule has 0 saturated heterocycles. The molecule has 1 aromatic carbocycles. The van der Waals surface area contributed by atoms with Crippen LogP contribution in [0.4, 0.5) is 0 Å². The van der Waals surface area contributed by atoms with Crippen LogP contribution in [-0.2, 0) is 6.42 Å². The Balaban J connectivity index is 1.83. The maximum Gasteiger partial charge on any atom is 0.128 e. The summed E-state index contributed by atoms with van der Waals surface area (Å²) < 4.78 is 6.22. The summed E-state index contributed by atoms with van der Waals surface area (Å²) >= 11 is 0. The highest BCUT2D eigenvalue weighted by atomic mass is 16.5. The third-order valence-electron chi connectivity index (χ3n) is 5.01. The molecule has 1 fully saturated rings. The number of rotatable bonds is 5. The van der Waals surface area contributed by atoms with Gasteiger partial charge in [0.2, 0.25) is 0 Å². The zero-order valence-electron chi connectivity index (χ0n) is 13.6. The Bertz CT molecular complexity index is 508. The van der Waals surface area contributed by atoms with Gasteiger partial charge in [-0.3, -0.25) is 4.90 Å². The topological polar surface area (TPSA) is 38.5 Å². The van der Waals surface area contributed by atoms with Crippen LogP contribution in [0, 0.1) is 5.92 Å². The molecule has 3 rings (SSSR count). The van der Waals surface area contributed by atoms with Crippen molar-refractivity contribution < 1.29 is 4.74 Å². The molecule has 21 heavy (non-hydrogen) atoms. The summed E-state index contributed by atoms with van der Waals surface area (Å²) in [7, 11) is 2.20. The van der Waals surface area contributed by atoms with Gasteiger partial charge < -0.3 is 10.5 Å². The molecule has 2 N–H and O–H groups in total. The average Bonchev–Trinajstić information content (AvgIpc) is 2.69. The van der Waals surface area contributed by atoms with Gasteiger partial charge in [0.25, 0.3) is 0 Å². The Morgan fingerprint density at radius 1 is 1.38 bits per heavy atom. The second-order valence-electron chi connectivity index (χ2n) is 7.36. The molecule has 0 amide bonds. The highest BCUT2D eigenvalue weighted by Gasteiger charge is 2.34. The first-order chi connectivity index (χ1) is 10.00. The van der Waals surface area contributed by atoms with E-state index in [1.165, 1.54) is 30.4 Å². The lowest BCUT2D eigenvalue weighted by molar-refractivity contribution is 0.129. The molecule has 3 heteroatoms. The first kappa shape index (κ1) is 14.9. The van der Waals surface area contributed by atoms with Crippen LogP contribution in [0.2, 0.25) is 0 Å². The summed E-state index contributed by atoms with van der Waals surface area (Å²) in [5.74, 6) is 1.94. The van der Waals surface area contributed by atoms with Crippen molar-refractivity contribution in [2.45, 2.75) is 51.2 Å². The molecule has 0 bridgehead atoms. The Morgan fingerprint density at radius 3 is 2.76 bits per heavy atom. The molecule has 3 nitrogen and oxygen atoms in total. The molecule has 1 aliphatic heterocycles. The maximum atomic E-state index is 6.22. The van der Waals surface area contributed by atoms with E-state index in [2.05, 4.69) is 44.0 Å². The van der Waals surface area contributed by atoms with Crippen LogP contribution in [0.1, 0.15) is 50.3 Å². The fourth-order valence-corrected chi connectivity index (χ4v) is 3.66. The quantitative estimate of drug-likeness (QED) is 0.904. The lowest BCUT2D eigenvalue weighted by Crippen LogP contribution is -2.36. The fourth-order valence-electron chi connectivity index (χ4n) is 3.66. The van der Waals surface area contributed by atoms with Gasteiger partial charge in [0.1, 0.15) is 11.4 Å². The zero-order valence-corrected chi connectivity index (χ0v) is 13.6. The number of benzene rings is 1. The summed E-state index contributed by atoms with van der Waals surface area (Å²) in [4.78, 5) is 2.42. The van der Waals surface area contributed by atoms with Crippen molar-refractivity contribution in [3.8, 4) is 5.75 Å². The molecule has 0 radical (unpaired) electrons. The molecule has 1 atom stereocenters. The predicted molar refractivity (Wildman–Crippen MR) is 86.6 cm³/mol. The van der Waals surface area contributed by atoms with E-state index in [0.717, 1.165) is 24.6 Å². The van der Waals surface area contributed by atoms with Gasteiger partial charge in [-0.25, -0.2) is 0 Å². The minimum absolute atomic E-state index is 0.0931. The lowest BCUT2D eigenvalue weighted by Gasteiger charge is -2.35. The van der Waals surface area contributed by atoms with Crippen molar-refractivity contribution in [3.05, 3.63) is 29.3 Å². The third kappa shape index (κ3) is 2.95. The Labute approximate surface area is 128 Å². The average molecular weight is 288 g/mol. The maximum absolute atomic E-state index is 6.22. The second-order valence-corrected chi connectivity index (χ2v) is 7.36. The summed E-state index contributed by atoms with van der Waals surface area (Å²) in [5.41, 5.74) is 8.61. The van der Waals surface area contributed by atoms with E-state index in [0.29, 0.717) is 6.54 Å². The largest absolute Gasteiger partial charge is 0.487 e. The molecular formula is C18H28N2O. The Morgan fingerprint density at radius 2 is 2.14 bits per heavy atom. The van der Waals surface area contributed by atoms with Crippen LogP contribution in [-0.4, -0.2) is 30.6 Å². The number of hydrogen-bond acceptors (Lipinski definition) is 3. The summed E-state index contributed by atoms with van der Waals surface area (Å²) in [6.45, 7) is 6.11. The van der Waals surface area contributed by atoms with Crippen molar-refractivity contribution in [3.63, 3.8) is 0 Å². The zero-order chi connectivity index (χ0) is 15.0. The smallest absolute Gasteiger partial charge is 0.128 e.